The fourth-order valence-corrected chi connectivity index (χ4v) is 5.71. The van der Waals surface area contributed by atoms with Crippen molar-refractivity contribution in [2.75, 3.05) is 17.2 Å². The number of rotatable bonds is 6. The minimum atomic E-state index is -0.398. The Morgan fingerprint density at radius 1 is 1.22 bits per heavy atom. The third-order valence-electron chi connectivity index (χ3n) is 6.52. The maximum absolute atomic E-state index is 14.4. The van der Waals surface area contributed by atoms with Gasteiger partial charge in [-0.05, 0) is 44.0 Å². The van der Waals surface area contributed by atoms with Crippen molar-refractivity contribution < 1.29 is 14.0 Å². The summed E-state index contributed by atoms with van der Waals surface area (Å²) in [7, 11) is 0. The molecular weight excluding hydrogens is 487 g/mol. The number of amides is 2. The first-order chi connectivity index (χ1) is 17.5. The van der Waals surface area contributed by atoms with Crippen molar-refractivity contribution in [3.8, 4) is 5.69 Å². The molecule has 1 aromatic heterocycles. The lowest BCUT2D eigenvalue weighted by atomic mass is 9.87. The molecule has 0 radical (unpaired) electrons. The third kappa shape index (κ3) is 5.74. The number of nitrogens with zero attached hydrogens (tertiary/aromatic N) is 3. The number of nitrogens with one attached hydrogen (secondary N) is 1. The molecule has 8 heteroatoms. The highest BCUT2D eigenvalue weighted by Gasteiger charge is 2.40. The quantitative estimate of drug-likeness (QED) is 0.451. The van der Waals surface area contributed by atoms with E-state index >= 15 is 0 Å². The number of thioether (sulfide) groups is 1. The molecule has 0 saturated heterocycles. The molecule has 0 aliphatic carbocycles. The maximum atomic E-state index is 14.4. The second kappa shape index (κ2) is 10.7. The second-order valence-corrected chi connectivity index (χ2v) is 11.8. The van der Waals surface area contributed by atoms with Crippen molar-refractivity contribution in [3.63, 3.8) is 0 Å². The molecule has 4 rings (SSSR count). The standard InChI is InChI=1S/C29H35FN4O2S/c1-7-19(3)31-23(35)16-33-24(36)17-37-26(20-11-8-10-18(2)14-20)25-27(29(4,5)6)32-34(28(25)33)22-13-9-12-21(30)15-22/h8-15,19,26H,7,16-17H2,1-6H3,(H,31,35)/t19-,26+/m0/s1. The van der Waals surface area contributed by atoms with Crippen LogP contribution in [0.2, 0.25) is 0 Å². The molecule has 6 nitrogen and oxygen atoms in total. The number of benzene rings is 2. The molecule has 1 aliphatic rings. The first-order valence-electron chi connectivity index (χ1n) is 12.7. The van der Waals surface area contributed by atoms with Gasteiger partial charge in [0.2, 0.25) is 11.8 Å². The van der Waals surface area contributed by atoms with Gasteiger partial charge in [-0.3, -0.25) is 14.5 Å². The van der Waals surface area contributed by atoms with Gasteiger partial charge in [-0.2, -0.15) is 5.10 Å². The predicted molar refractivity (Wildman–Crippen MR) is 148 cm³/mol. The largest absolute Gasteiger partial charge is 0.352 e. The van der Waals surface area contributed by atoms with Gasteiger partial charge in [0.15, 0.2) is 0 Å². The summed E-state index contributed by atoms with van der Waals surface area (Å²) in [6.07, 6.45) is 0.783. The number of halogens is 1. The van der Waals surface area contributed by atoms with E-state index in [-0.39, 0.29) is 40.8 Å². The summed E-state index contributed by atoms with van der Waals surface area (Å²) in [4.78, 5) is 28.2. The number of hydrogen-bond acceptors (Lipinski definition) is 4. The molecule has 1 N–H and O–H groups in total. The van der Waals surface area contributed by atoms with Crippen molar-refractivity contribution >= 4 is 29.4 Å². The highest BCUT2D eigenvalue weighted by atomic mass is 32.2. The highest BCUT2D eigenvalue weighted by Crippen LogP contribution is 2.48. The van der Waals surface area contributed by atoms with Crippen LogP contribution in [0.1, 0.15) is 68.7 Å². The number of anilines is 1. The van der Waals surface area contributed by atoms with E-state index in [1.54, 1.807) is 16.8 Å². The molecule has 2 aromatic carbocycles. The summed E-state index contributed by atoms with van der Waals surface area (Å²) >= 11 is 1.54. The normalized spacial score (nSPS) is 16.8. The Bertz CT molecular complexity index is 1310. The van der Waals surface area contributed by atoms with Crippen LogP contribution in [-0.2, 0) is 15.0 Å². The average molecular weight is 523 g/mol. The van der Waals surface area contributed by atoms with Crippen LogP contribution in [0.15, 0.2) is 48.5 Å². The van der Waals surface area contributed by atoms with Crippen molar-refractivity contribution in [2.24, 2.45) is 0 Å². The number of carbonyl (C=O) groups excluding carboxylic acids is 2. The fraction of sp³-hybridized carbons (Fsp3) is 0.414. The van der Waals surface area contributed by atoms with Gasteiger partial charge in [-0.25, -0.2) is 9.07 Å². The van der Waals surface area contributed by atoms with Crippen molar-refractivity contribution in [2.45, 2.75) is 64.7 Å². The lowest BCUT2D eigenvalue weighted by molar-refractivity contribution is -0.123. The summed E-state index contributed by atoms with van der Waals surface area (Å²) in [6.45, 7) is 12.1. The zero-order valence-electron chi connectivity index (χ0n) is 22.3. The molecule has 3 aromatic rings. The van der Waals surface area contributed by atoms with Crippen LogP contribution < -0.4 is 10.2 Å². The lowest BCUT2D eigenvalue weighted by Gasteiger charge is -2.25. The van der Waals surface area contributed by atoms with Gasteiger partial charge in [0, 0.05) is 17.0 Å². The Morgan fingerprint density at radius 3 is 2.59 bits per heavy atom. The number of fused-ring (bicyclic) bond motifs is 1. The third-order valence-corrected chi connectivity index (χ3v) is 7.77. The van der Waals surface area contributed by atoms with Gasteiger partial charge in [0.25, 0.3) is 0 Å². The van der Waals surface area contributed by atoms with Crippen LogP contribution >= 0.6 is 11.8 Å². The topological polar surface area (TPSA) is 67.2 Å². The van der Waals surface area contributed by atoms with E-state index in [2.05, 4.69) is 38.2 Å². The molecule has 2 amide bonds. The Hall–Kier alpha value is -3.13. The Morgan fingerprint density at radius 2 is 1.95 bits per heavy atom. The summed E-state index contributed by atoms with van der Waals surface area (Å²) in [5.74, 6) is -0.0897. The highest BCUT2D eigenvalue weighted by molar-refractivity contribution is 8.00. The van der Waals surface area contributed by atoms with E-state index in [4.69, 9.17) is 5.10 Å². The van der Waals surface area contributed by atoms with Crippen LogP contribution in [0.4, 0.5) is 10.2 Å². The molecular formula is C29H35FN4O2S. The van der Waals surface area contributed by atoms with Crippen LogP contribution in [0.3, 0.4) is 0 Å². The zero-order chi connectivity index (χ0) is 26.9. The van der Waals surface area contributed by atoms with Gasteiger partial charge in [-0.1, -0.05) is 63.6 Å². The molecule has 196 valence electrons. The molecule has 1 aliphatic heterocycles. The number of aryl methyl sites for hydroxylation is 1. The number of carbonyl (C=O) groups is 2. The van der Waals surface area contributed by atoms with E-state index < -0.39 is 5.82 Å². The van der Waals surface area contributed by atoms with Gasteiger partial charge in [0.05, 0.1) is 22.4 Å². The van der Waals surface area contributed by atoms with E-state index in [9.17, 15) is 14.0 Å². The van der Waals surface area contributed by atoms with Gasteiger partial charge < -0.3 is 5.32 Å². The smallest absolute Gasteiger partial charge is 0.240 e. The first-order valence-corrected chi connectivity index (χ1v) is 13.7. The Balaban J connectivity index is 1.99. The number of hydrogen-bond donors (Lipinski definition) is 1. The van der Waals surface area contributed by atoms with Crippen molar-refractivity contribution in [1.29, 1.82) is 0 Å². The molecule has 0 unspecified atom stereocenters. The summed E-state index contributed by atoms with van der Waals surface area (Å²) in [5.41, 5.74) is 4.01. The molecule has 0 spiro atoms. The molecule has 0 fully saturated rings. The predicted octanol–water partition coefficient (Wildman–Crippen LogP) is 5.70. The van der Waals surface area contributed by atoms with Gasteiger partial charge in [-0.15, -0.1) is 11.8 Å². The van der Waals surface area contributed by atoms with E-state index in [0.29, 0.717) is 11.5 Å². The Kier molecular flexibility index (Phi) is 7.78. The molecule has 2 heterocycles. The summed E-state index contributed by atoms with van der Waals surface area (Å²) in [5, 5.41) is 7.79. The fourth-order valence-electron chi connectivity index (χ4n) is 4.52. The molecule has 0 bridgehead atoms. The van der Waals surface area contributed by atoms with Crippen LogP contribution in [0.5, 0.6) is 0 Å². The van der Waals surface area contributed by atoms with Gasteiger partial charge in [0.1, 0.15) is 18.2 Å². The van der Waals surface area contributed by atoms with E-state index in [1.165, 1.54) is 28.8 Å². The lowest BCUT2D eigenvalue weighted by Crippen LogP contribution is -2.44. The molecule has 0 saturated carbocycles. The Labute approximate surface area is 222 Å². The van der Waals surface area contributed by atoms with Crippen LogP contribution in [-0.4, -0.2) is 39.9 Å². The summed E-state index contributed by atoms with van der Waals surface area (Å²) in [6, 6.07) is 14.4. The summed E-state index contributed by atoms with van der Waals surface area (Å²) < 4.78 is 16.0. The monoisotopic (exact) mass is 522 g/mol. The van der Waals surface area contributed by atoms with Crippen LogP contribution in [0.25, 0.3) is 5.69 Å². The van der Waals surface area contributed by atoms with Gasteiger partial charge >= 0.3 is 0 Å². The molecule has 37 heavy (non-hydrogen) atoms. The van der Waals surface area contributed by atoms with Crippen LogP contribution in [0, 0.1) is 12.7 Å². The van der Waals surface area contributed by atoms with Crippen molar-refractivity contribution in [3.05, 3.63) is 76.7 Å². The van der Waals surface area contributed by atoms with Crippen molar-refractivity contribution in [1.82, 2.24) is 15.1 Å². The SMILES string of the molecule is CC[C@H](C)NC(=O)CN1C(=O)CS[C@H](c2cccc(C)c2)c2c(C(C)(C)C)nn(-c3cccc(F)c3)c21. The maximum Gasteiger partial charge on any atom is 0.240 e. The average Bonchev–Trinajstić information content (AvgIpc) is 3.17. The zero-order valence-corrected chi connectivity index (χ0v) is 23.2. The minimum absolute atomic E-state index is 0.0123. The minimum Gasteiger partial charge on any atom is -0.352 e. The number of aromatic nitrogens is 2. The van der Waals surface area contributed by atoms with E-state index in [1.807, 2.05) is 32.9 Å². The first kappa shape index (κ1) is 26.9. The van der Waals surface area contributed by atoms with E-state index in [0.717, 1.165) is 28.8 Å². The second-order valence-electron chi connectivity index (χ2n) is 10.7. The molecule has 2 atom stereocenters.